The quantitative estimate of drug-likeness (QED) is 0.827. The first kappa shape index (κ1) is 14.0. The van der Waals surface area contributed by atoms with Crippen molar-refractivity contribution in [2.75, 3.05) is 13.2 Å². The summed E-state index contributed by atoms with van der Waals surface area (Å²) < 4.78 is 8.83. The van der Waals surface area contributed by atoms with Gasteiger partial charge < -0.3 is 14.6 Å². The number of amides is 1. The molecule has 1 atom stereocenters. The Morgan fingerprint density at radius 3 is 3.05 bits per heavy atom. The van der Waals surface area contributed by atoms with Gasteiger partial charge in [0, 0.05) is 19.0 Å². The molecule has 7 heteroatoms. The van der Waals surface area contributed by atoms with Gasteiger partial charge in [0.05, 0.1) is 18.5 Å². The van der Waals surface area contributed by atoms with Crippen LogP contribution in [0.2, 0.25) is 0 Å². The summed E-state index contributed by atoms with van der Waals surface area (Å²) in [6.45, 7) is 1.32. The maximum Gasteiger partial charge on any atom is 0.241 e. The normalized spacial score (nSPS) is 21.3. The van der Waals surface area contributed by atoms with E-state index in [-0.39, 0.29) is 5.91 Å². The zero-order valence-corrected chi connectivity index (χ0v) is 13.7. The minimum Gasteiger partial charge on any atom is -0.476 e. The fraction of sp³-hybridized carbons (Fsp3) is 0.533. The van der Waals surface area contributed by atoms with Crippen LogP contribution in [0.1, 0.15) is 31.7 Å². The summed E-state index contributed by atoms with van der Waals surface area (Å²) in [5.41, 5.74) is 1.88. The van der Waals surface area contributed by atoms with E-state index < -0.39 is 0 Å². The summed E-state index contributed by atoms with van der Waals surface area (Å²) in [6.07, 6.45) is 5.72. The van der Waals surface area contributed by atoms with E-state index in [0.717, 1.165) is 28.6 Å². The number of halogens is 1. The minimum absolute atomic E-state index is 0.139. The van der Waals surface area contributed by atoms with E-state index in [4.69, 9.17) is 4.74 Å². The van der Waals surface area contributed by atoms with Crippen molar-refractivity contribution in [3.8, 4) is 5.88 Å². The van der Waals surface area contributed by atoms with Crippen molar-refractivity contribution in [1.82, 2.24) is 19.9 Å². The van der Waals surface area contributed by atoms with Gasteiger partial charge in [0.15, 0.2) is 0 Å². The molecule has 2 aromatic rings. The lowest BCUT2D eigenvalue weighted by Crippen LogP contribution is -2.14. The van der Waals surface area contributed by atoms with Gasteiger partial charge in [-0.1, -0.05) is 0 Å². The number of rotatable bonds is 5. The minimum atomic E-state index is 0.139. The average molecular weight is 365 g/mol. The van der Waals surface area contributed by atoms with Gasteiger partial charge in [0.2, 0.25) is 11.8 Å². The Morgan fingerprint density at radius 2 is 2.32 bits per heavy atom. The van der Waals surface area contributed by atoms with Gasteiger partial charge in [-0.05, 0) is 47.2 Å². The number of hydrogen-bond donors (Lipinski definition) is 1. The number of nitrogens with zero attached hydrogens (tertiary/aromatic N) is 3. The number of carbonyl (C=O) groups excluding carboxylic acids is 1. The number of nitrogens with one attached hydrogen (secondary N) is 1. The highest BCUT2D eigenvalue weighted by Gasteiger charge is 2.27. The van der Waals surface area contributed by atoms with Crippen LogP contribution >= 0.6 is 15.9 Å². The van der Waals surface area contributed by atoms with Crippen molar-refractivity contribution in [1.29, 1.82) is 0 Å². The van der Waals surface area contributed by atoms with Gasteiger partial charge in [-0.25, -0.2) is 9.97 Å². The van der Waals surface area contributed by atoms with Crippen LogP contribution in [0, 0.1) is 5.92 Å². The Kier molecular flexibility index (Phi) is 3.52. The topological polar surface area (TPSA) is 69.0 Å². The van der Waals surface area contributed by atoms with Gasteiger partial charge in [0.25, 0.3) is 0 Å². The molecule has 1 saturated heterocycles. The Balaban J connectivity index is 1.52. The van der Waals surface area contributed by atoms with Crippen LogP contribution in [0.25, 0.3) is 11.0 Å². The standard InChI is InChI=1S/C15H17BrN4O2/c16-12-6-11-14(20(8-18-11)10-1-2-10)15(19-12)22-4-3-9-5-13(21)17-7-9/h6,8-10H,1-5,7H2,(H,17,21)/t9-/m1/s1. The third-order valence-electron chi connectivity index (χ3n) is 4.26. The van der Waals surface area contributed by atoms with Crippen molar-refractivity contribution >= 4 is 32.9 Å². The predicted molar refractivity (Wildman–Crippen MR) is 84.7 cm³/mol. The molecule has 3 heterocycles. The lowest BCUT2D eigenvalue weighted by atomic mass is 10.1. The Labute approximate surface area is 136 Å². The van der Waals surface area contributed by atoms with Crippen LogP contribution < -0.4 is 10.1 Å². The second kappa shape index (κ2) is 5.53. The average Bonchev–Trinajstić information content (AvgIpc) is 3.11. The van der Waals surface area contributed by atoms with E-state index in [1.807, 2.05) is 12.4 Å². The molecule has 4 rings (SSSR count). The number of imidazole rings is 1. The van der Waals surface area contributed by atoms with Crippen molar-refractivity contribution in [2.24, 2.45) is 5.92 Å². The van der Waals surface area contributed by atoms with Gasteiger partial charge in [0.1, 0.15) is 10.1 Å². The second-order valence-electron chi connectivity index (χ2n) is 6.01. The maximum atomic E-state index is 11.2. The molecular formula is C15H17BrN4O2. The van der Waals surface area contributed by atoms with Crippen LogP contribution in [-0.2, 0) is 4.79 Å². The fourth-order valence-corrected chi connectivity index (χ4v) is 3.30. The lowest BCUT2D eigenvalue weighted by molar-refractivity contribution is -0.119. The van der Waals surface area contributed by atoms with E-state index in [0.29, 0.717) is 30.9 Å². The van der Waals surface area contributed by atoms with E-state index in [9.17, 15) is 4.79 Å². The molecule has 1 aliphatic carbocycles. The third kappa shape index (κ3) is 2.69. The maximum absolute atomic E-state index is 11.2. The molecule has 116 valence electrons. The molecule has 0 aromatic carbocycles. The molecule has 22 heavy (non-hydrogen) atoms. The Bertz CT molecular complexity index is 726. The molecule has 0 unspecified atom stereocenters. The largest absolute Gasteiger partial charge is 0.476 e. The zero-order chi connectivity index (χ0) is 15.1. The lowest BCUT2D eigenvalue weighted by Gasteiger charge is -2.11. The second-order valence-corrected chi connectivity index (χ2v) is 6.82. The van der Waals surface area contributed by atoms with Gasteiger partial charge in [-0.15, -0.1) is 0 Å². The highest BCUT2D eigenvalue weighted by molar-refractivity contribution is 9.10. The molecule has 2 fully saturated rings. The van der Waals surface area contributed by atoms with Crippen molar-refractivity contribution in [3.05, 3.63) is 17.0 Å². The summed E-state index contributed by atoms with van der Waals surface area (Å²) in [5, 5.41) is 2.85. The van der Waals surface area contributed by atoms with Gasteiger partial charge >= 0.3 is 0 Å². The molecule has 6 nitrogen and oxygen atoms in total. The number of hydrogen-bond acceptors (Lipinski definition) is 4. The van der Waals surface area contributed by atoms with Crippen LogP contribution in [-0.4, -0.2) is 33.6 Å². The predicted octanol–water partition coefficient (Wildman–Crippen LogP) is 2.43. The van der Waals surface area contributed by atoms with E-state index in [1.165, 1.54) is 12.8 Å². The van der Waals surface area contributed by atoms with Crippen molar-refractivity contribution < 1.29 is 9.53 Å². The molecule has 1 aliphatic heterocycles. The SMILES string of the molecule is O=C1C[C@@H](CCOc2nc(Br)cc3ncn(C4CC4)c23)CN1. The molecule has 0 radical (unpaired) electrons. The highest BCUT2D eigenvalue weighted by atomic mass is 79.9. The monoisotopic (exact) mass is 364 g/mol. The highest BCUT2D eigenvalue weighted by Crippen LogP contribution is 2.39. The number of aromatic nitrogens is 3. The van der Waals surface area contributed by atoms with Crippen molar-refractivity contribution in [3.63, 3.8) is 0 Å². The summed E-state index contributed by atoms with van der Waals surface area (Å²) in [6, 6.07) is 2.45. The van der Waals surface area contributed by atoms with Crippen LogP contribution in [0.5, 0.6) is 5.88 Å². The molecule has 1 N–H and O–H groups in total. The number of fused-ring (bicyclic) bond motifs is 1. The van der Waals surface area contributed by atoms with Crippen LogP contribution in [0.15, 0.2) is 17.0 Å². The zero-order valence-electron chi connectivity index (χ0n) is 12.1. The molecule has 0 spiro atoms. The van der Waals surface area contributed by atoms with Gasteiger partial charge in [-0.2, -0.15) is 0 Å². The Morgan fingerprint density at radius 1 is 1.45 bits per heavy atom. The number of pyridine rings is 1. The summed E-state index contributed by atoms with van der Waals surface area (Å²) >= 11 is 3.42. The van der Waals surface area contributed by atoms with Crippen molar-refractivity contribution in [2.45, 2.75) is 31.7 Å². The molecule has 2 aromatic heterocycles. The van der Waals surface area contributed by atoms with Crippen LogP contribution in [0.3, 0.4) is 0 Å². The molecule has 1 amide bonds. The molecule has 2 aliphatic rings. The van der Waals surface area contributed by atoms with Gasteiger partial charge in [-0.3, -0.25) is 4.79 Å². The first-order chi connectivity index (χ1) is 10.7. The molecular weight excluding hydrogens is 348 g/mol. The first-order valence-corrected chi connectivity index (χ1v) is 8.42. The smallest absolute Gasteiger partial charge is 0.241 e. The van der Waals surface area contributed by atoms with Crippen LogP contribution in [0.4, 0.5) is 0 Å². The number of carbonyl (C=O) groups is 1. The van der Waals surface area contributed by atoms with E-state index >= 15 is 0 Å². The fourth-order valence-electron chi connectivity index (χ4n) is 2.92. The summed E-state index contributed by atoms with van der Waals surface area (Å²) in [4.78, 5) is 20.1. The Hall–Kier alpha value is -1.63. The summed E-state index contributed by atoms with van der Waals surface area (Å²) in [5.74, 6) is 1.13. The molecule has 1 saturated carbocycles. The third-order valence-corrected chi connectivity index (χ3v) is 4.66. The van der Waals surface area contributed by atoms with E-state index in [1.54, 1.807) is 0 Å². The number of ether oxygens (including phenoxy) is 1. The summed E-state index contributed by atoms with van der Waals surface area (Å²) in [7, 11) is 0. The van der Waals surface area contributed by atoms with E-state index in [2.05, 4.69) is 35.8 Å². The molecule has 0 bridgehead atoms. The first-order valence-electron chi connectivity index (χ1n) is 7.63.